The predicted molar refractivity (Wildman–Crippen MR) is 78.2 cm³/mol. The third-order valence-electron chi connectivity index (χ3n) is 2.96. The first-order valence-electron chi connectivity index (χ1n) is 5.88. The Hall–Kier alpha value is -0.690. The SMILES string of the molecule is Cn1ncc(Br)c1C(CCCc1cccs1)NN. The molecule has 6 heteroatoms. The summed E-state index contributed by atoms with van der Waals surface area (Å²) in [6.45, 7) is 0. The lowest BCUT2D eigenvalue weighted by Crippen LogP contribution is -2.29. The van der Waals surface area contributed by atoms with Crippen LogP contribution in [0, 0.1) is 0 Å². The number of halogens is 1. The molecule has 98 valence electrons. The zero-order valence-corrected chi connectivity index (χ0v) is 12.7. The van der Waals surface area contributed by atoms with Gasteiger partial charge in [-0.2, -0.15) is 5.10 Å². The molecule has 0 amide bonds. The monoisotopic (exact) mass is 328 g/mol. The maximum absolute atomic E-state index is 5.65. The van der Waals surface area contributed by atoms with Crippen LogP contribution >= 0.6 is 27.3 Å². The molecule has 0 aliphatic heterocycles. The van der Waals surface area contributed by atoms with E-state index in [1.54, 1.807) is 6.20 Å². The Morgan fingerprint density at radius 1 is 1.61 bits per heavy atom. The van der Waals surface area contributed by atoms with E-state index in [0.29, 0.717) is 0 Å². The molecular formula is C12H17BrN4S. The number of rotatable bonds is 6. The van der Waals surface area contributed by atoms with E-state index in [0.717, 1.165) is 29.4 Å². The van der Waals surface area contributed by atoms with Crippen LogP contribution in [0.1, 0.15) is 29.5 Å². The number of nitrogens with two attached hydrogens (primary N) is 1. The average Bonchev–Trinajstić information content (AvgIpc) is 2.97. The van der Waals surface area contributed by atoms with E-state index in [1.807, 2.05) is 23.1 Å². The van der Waals surface area contributed by atoms with Gasteiger partial charge in [-0.3, -0.25) is 16.0 Å². The Balaban J connectivity index is 1.93. The number of aromatic nitrogens is 2. The molecule has 0 aliphatic rings. The van der Waals surface area contributed by atoms with Crippen molar-refractivity contribution in [3.8, 4) is 0 Å². The highest BCUT2D eigenvalue weighted by Gasteiger charge is 2.17. The molecule has 2 aromatic rings. The maximum Gasteiger partial charge on any atom is 0.0705 e. The van der Waals surface area contributed by atoms with Crippen molar-refractivity contribution in [3.63, 3.8) is 0 Å². The molecule has 2 aromatic heterocycles. The highest BCUT2D eigenvalue weighted by Crippen LogP contribution is 2.26. The Labute approximate surface area is 119 Å². The molecule has 2 rings (SSSR count). The van der Waals surface area contributed by atoms with E-state index in [2.05, 4.69) is 44.0 Å². The van der Waals surface area contributed by atoms with Crippen molar-refractivity contribution in [3.05, 3.63) is 38.8 Å². The second-order valence-corrected chi connectivity index (χ2v) is 6.08. The van der Waals surface area contributed by atoms with Crippen LogP contribution in [0.3, 0.4) is 0 Å². The lowest BCUT2D eigenvalue weighted by atomic mass is 10.1. The summed E-state index contributed by atoms with van der Waals surface area (Å²) >= 11 is 5.32. The van der Waals surface area contributed by atoms with Crippen molar-refractivity contribution < 1.29 is 0 Å². The molecule has 4 nitrogen and oxygen atoms in total. The second-order valence-electron chi connectivity index (χ2n) is 4.19. The minimum absolute atomic E-state index is 0.131. The number of aryl methyl sites for hydroxylation is 2. The van der Waals surface area contributed by atoms with E-state index in [9.17, 15) is 0 Å². The Morgan fingerprint density at radius 3 is 3.00 bits per heavy atom. The normalized spacial score (nSPS) is 12.8. The smallest absolute Gasteiger partial charge is 0.0705 e. The summed E-state index contributed by atoms with van der Waals surface area (Å²) in [4.78, 5) is 1.43. The zero-order chi connectivity index (χ0) is 13.0. The van der Waals surface area contributed by atoms with Crippen LogP contribution in [0.25, 0.3) is 0 Å². The molecule has 0 fully saturated rings. The number of hydrogen-bond acceptors (Lipinski definition) is 4. The van der Waals surface area contributed by atoms with E-state index < -0.39 is 0 Å². The van der Waals surface area contributed by atoms with Gasteiger partial charge in [0, 0.05) is 11.9 Å². The van der Waals surface area contributed by atoms with Crippen molar-refractivity contribution in [1.82, 2.24) is 15.2 Å². The van der Waals surface area contributed by atoms with Gasteiger partial charge in [-0.1, -0.05) is 6.07 Å². The molecule has 0 bridgehead atoms. The van der Waals surface area contributed by atoms with Crippen LogP contribution in [0.15, 0.2) is 28.2 Å². The third kappa shape index (κ3) is 3.20. The molecule has 0 saturated heterocycles. The van der Waals surface area contributed by atoms with Crippen molar-refractivity contribution >= 4 is 27.3 Å². The Kier molecular flexibility index (Phi) is 4.94. The summed E-state index contributed by atoms with van der Waals surface area (Å²) in [6.07, 6.45) is 5.00. The summed E-state index contributed by atoms with van der Waals surface area (Å²) < 4.78 is 2.86. The van der Waals surface area contributed by atoms with E-state index in [4.69, 9.17) is 5.84 Å². The van der Waals surface area contributed by atoms with E-state index in [1.165, 1.54) is 4.88 Å². The van der Waals surface area contributed by atoms with Gasteiger partial charge in [0.1, 0.15) is 0 Å². The number of hydrazine groups is 1. The van der Waals surface area contributed by atoms with Gasteiger partial charge < -0.3 is 0 Å². The molecular weight excluding hydrogens is 312 g/mol. The van der Waals surface area contributed by atoms with E-state index >= 15 is 0 Å². The average molecular weight is 329 g/mol. The van der Waals surface area contributed by atoms with Gasteiger partial charge in [-0.15, -0.1) is 11.3 Å². The maximum atomic E-state index is 5.65. The van der Waals surface area contributed by atoms with Crippen LogP contribution in [0.2, 0.25) is 0 Å². The highest BCUT2D eigenvalue weighted by molar-refractivity contribution is 9.10. The fraction of sp³-hybridized carbons (Fsp3) is 0.417. The summed E-state index contributed by atoms with van der Waals surface area (Å²) in [7, 11) is 1.93. The topological polar surface area (TPSA) is 55.9 Å². The second kappa shape index (κ2) is 6.47. The standard InChI is InChI=1S/C12H17BrN4S/c1-17-12(10(13)8-15-17)11(16-14)6-2-4-9-5-3-7-18-9/h3,5,7-8,11,16H,2,4,6,14H2,1H3. The predicted octanol–water partition coefficient (Wildman–Crippen LogP) is 2.77. The summed E-state index contributed by atoms with van der Waals surface area (Å²) in [6, 6.07) is 4.40. The largest absolute Gasteiger partial charge is 0.271 e. The highest BCUT2D eigenvalue weighted by atomic mass is 79.9. The Bertz CT molecular complexity index is 461. The van der Waals surface area contributed by atoms with Gasteiger partial charge in [0.25, 0.3) is 0 Å². The van der Waals surface area contributed by atoms with Crippen LogP contribution < -0.4 is 11.3 Å². The van der Waals surface area contributed by atoms with Crippen LogP contribution in [-0.4, -0.2) is 9.78 Å². The minimum atomic E-state index is 0.131. The summed E-state index contributed by atoms with van der Waals surface area (Å²) in [5.41, 5.74) is 3.98. The quantitative estimate of drug-likeness (QED) is 0.633. The fourth-order valence-corrected chi connectivity index (χ4v) is 3.42. The first-order valence-corrected chi connectivity index (χ1v) is 7.55. The number of nitrogens with one attached hydrogen (secondary N) is 1. The molecule has 3 N–H and O–H groups in total. The van der Waals surface area contributed by atoms with Crippen LogP contribution in [-0.2, 0) is 13.5 Å². The van der Waals surface area contributed by atoms with Crippen LogP contribution in [0.4, 0.5) is 0 Å². The molecule has 1 atom stereocenters. The molecule has 0 saturated carbocycles. The van der Waals surface area contributed by atoms with Gasteiger partial charge in [-0.05, 0) is 46.6 Å². The lowest BCUT2D eigenvalue weighted by Gasteiger charge is -2.16. The van der Waals surface area contributed by atoms with Crippen molar-refractivity contribution in [2.75, 3.05) is 0 Å². The first kappa shape index (κ1) is 13.7. The Morgan fingerprint density at radius 2 is 2.44 bits per heavy atom. The fourth-order valence-electron chi connectivity index (χ4n) is 2.05. The molecule has 0 aromatic carbocycles. The summed E-state index contributed by atoms with van der Waals surface area (Å²) in [5, 5.41) is 6.34. The van der Waals surface area contributed by atoms with Gasteiger partial charge in [-0.25, -0.2) is 0 Å². The minimum Gasteiger partial charge on any atom is -0.271 e. The molecule has 1 unspecified atom stereocenters. The first-order chi connectivity index (χ1) is 8.72. The number of nitrogens with zero attached hydrogens (tertiary/aromatic N) is 2. The summed E-state index contributed by atoms with van der Waals surface area (Å²) in [5.74, 6) is 5.65. The van der Waals surface area contributed by atoms with Crippen molar-refractivity contribution in [1.29, 1.82) is 0 Å². The number of thiophene rings is 1. The lowest BCUT2D eigenvalue weighted by molar-refractivity contribution is 0.466. The molecule has 0 spiro atoms. The van der Waals surface area contributed by atoms with Gasteiger partial charge >= 0.3 is 0 Å². The molecule has 2 heterocycles. The van der Waals surface area contributed by atoms with Gasteiger partial charge in [0.05, 0.1) is 22.4 Å². The van der Waals surface area contributed by atoms with E-state index in [-0.39, 0.29) is 6.04 Å². The van der Waals surface area contributed by atoms with Crippen molar-refractivity contribution in [2.45, 2.75) is 25.3 Å². The molecule has 0 radical (unpaired) electrons. The number of hydrogen-bond donors (Lipinski definition) is 2. The van der Waals surface area contributed by atoms with Gasteiger partial charge in [0.15, 0.2) is 0 Å². The molecule has 18 heavy (non-hydrogen) atoms. The van der Waals surface area contributed by atoms with Crippen LogP contribution in [0.5, 0.6) is 0 Å². The van der Waals surface area contributed by atoms with Gasteiger partial charge in [0.2, 0.25) is 0 Å². The zero-order valence-electron chi connectivity index (χ0n) is 10.3. The molecule has 0 aliphatic carbocycles. The van der Waals surface area contributed by atoms with Crippen molar-refractivity contribution in [2.24, 2.45) is 12.9 Å². The third-order valence-corrected chi connectivity index (χ3v) is 4.51.